The summed E-state index contributed by atoms with van der Waals surface area (Å²) in [6, 6.07) is 21.1. The number of imide groups is 6. The van der Waals surface area contributed by atoms with Gasteiger partial charge in [0.1, 0.15) is 0 Å². The van der Waals surface area contributed by atoms with Gasteiger partial charge in [0, 0.05) is 14.7 Å². The zero-order chi connectivity index (χ0) is 24.5. The lowest BCUT2D eigenvalue weighted by Gasteiger charge is -2.42. The number of benzene rings is 3. The molecule has 4 rings (SSSR count). The number of amides is 6. The first kappa shape index (κ1) is 23.5. The van der Waals surface area contributed by atoms with E-state index in [2.05, 4.69) is 0 Å². The highest BCUT2D eigenvalue weighted by molar-refractivity contribution is 14.1. The standard InChI is InChI=1S/C26H19IN2O5/c1-2-26(19-13-7-4-8-14-19)23(32)28(21(30)17-10-5-3-6-11-17)25(34)29(24(26)33)22(31)18-12-9-15-20(27)16-18/h3-16H,2H2,1H3/t26-/m1/s1. The molecule has 8 heteroatoms. The van der Waals surface area contributed by atoms with Crippen molar-refractivity contribution < 1.29 is 24.0 Å². The summed E-state index contributed by atoms with van der Waals surface area (Å²) in [6.07, 6.45) is -0.0589. The normalized spacial score (nSPS) is 18.2. The van der Waals surface area contributed by atoms with Gasteiger partial charge in [-0.1, -0.05) is 61.5 Å². The third kappa shape index (κ3) is 3.73. The lowest BCUT2D eigenvalue weighted by molar-refractivity contribution is -0.148. The van der Waals surface area contributed by atoms with Crippen LogP contribution in [0.3, 0.4) is 0 Å². The van der Waals surface area contributed by atoms with Crippen molar-refractivity contribution in [1.29, 1.82) is 0 Å². The van der Waals surface area contributed by atoms with E-state index in [0.29, 0.717) is 15.4 Å². The van der Waals surface area contributed by atoms with Gasteiger partial charge >= 0.3 is 6.03 Å². The average Bonchev–Trinajstić information content (AvgIpc) is 2.85. The van der Waals surface area contributed by atoms with Crippen LogP contribution in [0.25, 0.3) is 0 Å². The summed E-state index contributed by atoms with van der Waals surface area (Å²) in [6.45, 7) is 1.61. The summed E-state index contributed by atoms with van der Waals surface area (Å²) in [5.74, 6) is -3.76. The SMILES string of the molecule is CC[C@@]1(c2ccccc2)C(=O)N(C(=O)c2ccccc2)C(=O)N(C(=O)c2cccc(I)c2)C1=O. The van der Waals surface area contributed by atoms with Crippen LogP contribution < -0.4 is 0 Å². The Morgan fingerprint density at radius 1 is 0.735 bits per heavy atom. The summed E-state index contributed by atoms with van der Waals surface area (Å²) in [7, 11) is 0. The van der Waals surface area contributed by atoms with Crippen LogP contribution in [-0.2, 0) is 15.0 Å². The van der Waals surface area contributed by atoms with E-state index in [-0.39, 0.29) is 17.5 Å². The quantitative estimate of drug-likeness (QED) is 0.265. The molecule has 0 N–H and O–H groups in total. The molecule has 1 fully saturated rings. The zero-order valence-corrected chi connectivity index (χ0v) is 20.3. The molecule has 0 unspecified atom stereocenters. The number of carbonyl (C=O) groups is 5. The topological polar surface area (TPSA) is 91.8 Å². The fourth-order valence-corrected chi connectivity index (χ4v) is 4.58. The highest BCUT2D eigenvalue weighted by Gasteiger charge is 2.60. The lowest BCUT2D eigenvalue weighted by Crippen LogP contribution is -2.69. The number of hydrogen-bond acceptors (Lipinski definition) is 5. The van der Waals surface area contributed by atoms with Crippen molar-refractivity contribution in [2.24, 2.45) is 0 Å². The van der Waals surface area contributed by atoms with Gasteiger partial charge in [-0.25, -0.2) is 4.79 Å². The smallest absolute Gasteiger partial charge is 0.272 e. The van der Waals surface area contributed by atoms with Crippen LogP contribution in [0.4, 0.5) is 4.79 Å². The number of hydrogen-bond donors (Lipinski definition) is 0. The van der Waals surface area contributed by atoms with Crippen LogP contribution in [0.1, 0.15) is 39.6 Å². The maximum atomic E-state index is 13.8. The Balaban J connectivity index is 1.92. The Bertz CT molecular complexity index is 1310. The van der Waals surface area contributed by atoms with Gasteiger partial charge in [-0.15, -0.1) is 0 Å². The number of urea groups is 1. The number of barbiturate groups is 1. The van der Waals surface area contributed by atoms with E-state index in [1.54, 1.807) is 67.6 Å². The number of halogens is 1. The molecule has 1 aliphatic heterocycles. The van der Waals surface area contributed by atoms with E-state index in [1.807, 2.05) is 22.6 Å². The summed E-state index contributed by atoms with van der Waals surface area (Å²) in [5, 5.41) is 0. The lowest BCUT2D eigenvalue weighted by atomic mass is 9.74. The summed E-state index contributed by atoms with van der Waals surface area (Å²) < 4.78 is 0.721. The first-order chi connectivity index (χ1) is 16.3. The molecule has 1 heterocycles. The van der Waals surface area contributed by atoms with E-state index < -0.39 is 35.1 Å². The summed E-state index contributed by atoms with van der Waals surface area (Å²) >= 11 is 2.01. The molecule has 3 aromatic rings. The van der Waals surface area contributed by atoms with E-state index in [4.69, 9.17) is 0 Å². The molecule has 34 heavy (non-hydrogen) atoms. The molecule has 6 amide bonds. The van der Waals surface area contributed by atoms with Gasteiger partial charge in [-0.05, 0) is 64.9 Å². The fraction of sp³-hybridized carbons (Fsp3) is 0.115. The van der Waals surface area contributed by atoms with Gasteiger partial charge in [0.2, 0.25) is 0 Å². The number of carbonyl (C=O) groups excluding carboxylic acids is 5. The molecule has 1 saturated heterocycles. The Morgan fingerprint density at radius 3 is 1.76 bits per heavy atom. The Labute approximate surface area is 209 Å². The van der Waals surface area contributed by atoms with Crippen molar-refractivity contribution in [3.63, 3.8) is 0 Å². The Kier molecular flexibility index (Phi) is 6.43. The second-order valence-corrected chi connectivity index (χ2v) is 8.92. The van der Waals surface area contributed by atoms with Crippen molar-refractivity contribution in [2.45, 2.75) is 18.8 Å². The Hall–Kier alpha value is -3.66. The first-order valence-electron chi connectivity index (χ1n) is 10.5. The number of rotatable bonds is 4. The van der Waals surface area contributed by atoms with Crippen LogP contribution in [0.5, 0.6) is 0 Å². The predicted molar refractivity (Wildman–Crippen MR) is 132 cm³/mol. The van der Waals surface area contributed by atoms with Gasteiger partial charge in [0.05, 0.1) is 0 Å². The second kappa shape index (κ2) is 9.30. The molecule has 7 nitrogen and oxygen atoms in total. The van der Waals surface area contributed by atoms with Crippen LogP contribution in [0.2, 0.25) is 0 Å². The zero-order valence-electron chi connectivity index (χ0n) is 18.1. The van der Waals surface area contributed by atoms with Crippen molar-refractivity contribution in [1.82, 2.24) is 9.80 Å². The van der Waals surface area contributed by atoms with E-state index in [0.717, 1.165) is 3.57 Å². The van der Waals surface area contributed by atoms with Gasteiger partial charge < -0.3 is 0 Å². The molecule has 0 bridgehead atoms. The van der Waals surface area contributed by atoms with Crippen molar-refractivity contribution in [3.8, 4) is 0 Å². The van der Waals surface area contributed by atoms with Crippen LogP contribution in [-0.4, -0.2) is 39.5 Å². The van der Waals surface area contributed by atoms with E-state index in [1.165, 1.54) is 24.3 Å². The van der Waals surface area contributed by atoms with Crippen molar-refractivity contribution in [2.75, 3.05) is 0 Å². The molecule has 0 radical (unpaired) electrons. The molecule has 3 aromatic carbocycles. The molecular formula is C26H19IN2O5. The van der Waals surface area contributed by atoms with E-state index >= 15 is 0 Å². The largest absolute Gasteiger partial charge is 0.347 e. The minimum atomic E-state index is -1.92. The highest BCUT2D eigenvalue weighted by Crippen LogP contribution is 2.38. The molecular weight excluding hydrogens is 547 g/mol. The minimum Gasteiger partial charge on any atom is -0.272 e. The van der Waals surface area contributed by atoms with Gasteiger partial charge in [-0.3, -0.25) is 19.2 Å². The maximum Gasteiger partial charge on any atom is 0.347 e. The third-order valence-corrected chi connectivity index (χ3v) is 6.49. The Morgan fingerprint density at radius 2 is 1.24 bits per heavy atom. The minimum absolute atomic E-state index is 0.0589. The average molecular weight is 566 g/mol. The maximum absolute atomic E-state index is 13.8. The monoisotopic (exact) mass is 566 g/mol. The molecule has 0 aliphatic carbocycles. The molecule has 170 valence electrons. The predicted octanol–water partition coefficient (Wildman–Crippen LogP) is 4.41. The first-order valence-corrected chi connectivity index (χ1v) is 11.6. The third-order valence-electron chi connectivity index (χ3n) is 5.81. The summed E-state index contributed by atoms with van der Waals surface area (Å²) in [4.78, 5) is 68.7. The fourth-order valence-electron chi connectivity index (χ4n) is 4.04. The molecule has 0 spiro atoms. The second-order valence-electron chi connectivity index (χ2n) is 7.68. The molecule has 0 saturated carbocycles. The molecule has 0 aromatic heterocycles. The highest BCUT2D eigenvalue weighted by atomic mass is 127. The molecule has 1 aliphatic rings. The van der Waals surface area contributed by atoms with Crippen LogP contribution in [0.15, 0.2) is 84.9 Å². The molecule has 1 atom stereocenters. The van der Waals surface area contributed by atoms with Crippen LogP contribution in [0, 0.1) is 3.57 Å². The van der Waals surface area contributed by atoms with E-state index in [9.17, 15) is 24.0 Å². The van der Waals surface area contributed by atoms with Crippen LogP contribution >= 0.6 is 22.6 Å². The van der Waals surface area contributed by atoms with Gasteiger partial charge in [-0.2, -0.15) is 9.80 Å². The van der Waals surface area contributed by atoms with Gasteiger partial charge in [0.15, 0.2) is 5.41 Å². The van der Waals surface area contributed by atoms with Crippen molar-refractivity contribution in [3.05, 3.63) is 105 Å². The van der Waals surface area contributed by atoms with Crippen molar-refractivity contribution >= 4 is 52.3 Å². The summed E-state index contributed by atoms with van der Waals surface area (Å²) in [5.41, 5.74) is -1.45. The number of nitrogens with zero attached hydrogens (tertiary/aromatic N) is 2. The van der Waals surface area contributed by atoms with Gasteiger partial charge in [0.25, 0.3) is 23.6 Å².